The summed E-state index contributed by atoms with van der Waals surface area (Å²) in [5.41, 5.74) is 1.66. The fourth-order valence-corrected chi connectivity index (χ4v) is 4.91. The van der Waals surface area contributed by atoms with Crippen molar-refractivity contribution in [2.75, 3.05) is 43.5 Å². The number of aromatic nitrogens is 2. The monoisotopic (exact) mass is 453 g/mol. The summed E-state index contributed by atoms with van der Waals surface area (Å²) in [5.74, 6) is 6.00. The molecule has 1 amide bonds. The maximum absolute atomic E-state index is 12.8. The van der Waals surface area contributed by atoms with Crippen LogP contribution in [0.2, 0.25) is 0 Å². The summed E-state index contributed by atoms with van der Waals surface area (Å²) in [6.45, 7) is 13.6. The van der Waals surface area contributed by atoms with Crippen LogP contribution in [0.5, 0.6) is 0 Å². The number of hydrogen-bond donors (Lipinski definition) is 3. The number of fused-ring (bicyclic) bond motifs is 1. The van der Waals surface area contributed by atoms with E-state index < -0.39 is 11.2 Å². The quantitative estimate of drug-likeness (QED) is 0.302. The van der Waals surface area contributed by atoms with Crippen molar-refractivity contribution in [1.82, 2.24) is 19.9 Å². The molecular weight excluding hydrogens is 422 g/mol. The van der Waals surface area contributed by atoms with Crippen LogP contribution >= 0.6 is 0 Å². The van der Waals surface area contributed by atoms with Crippen LogP contribution in [0.1, 0.15) is 37.8 Å². The van der Waals surface area contributed by atoms with E-state index in [0.717, 1.165) is 43.6 Å². The number of nitrogen functional groups attached to an aromatic ring is 1. The zero-order valence-electron chi connectivity index (χ0n) is 19.1. The molecular formula is C23H31N7O3. The predicted octanol–water partition coefficient (Wildman–Crippen LogP) is 0.360. The Morgan fingerprint density at radius 1 is 1.30 bits per heavy atom. The van der Waals surface area contributed by atoms with Gasteiger partial charge in [-0.15, -0.1) is 0 Å². The summed E-state index contributed by atoms with van der Waals surface area (Å²) >= 11 is 0. The standard InChI is InChI=1S/C23H31N7O3/c1-14-20(7-6-18-21(14)29(17-4-5-17)23(33)30(24)22(18)32)28-11-8-16(13-28)19(12-27-15(2)31)26-10-9-25-3/h6-7,16-17,19,26H,4-5,8-13,24H2,1-2H3,(H,27,31). The number of benzene rings is 1. The molecule has 176 valence electrons. The zero-order valence-corrected chi connectivity index (χ0v) is 19.1. The zero-order chi connectivity index (χ0) is 23.7. The highest BCUT2D eigenvalue weighted by Crippen LogP contribution is 2.38. The second-order valence-corrected chi connectivity index (χ2v) is 9.04. The van der Waals surface area contributed by atoms with Crippen molar-refractivity contribution in [3.63, 3.8) is 0 Å². The van der Waals surface area contributed by atoms with Crippen molar-refractivity contribution < 1.29 is 4.79 Å². The number of carbonyl (C=O) groups is 1. The minimum atomic E-state index is -0.472. The number of nitrogens with two attached hydrogens (primary N) is 1. The first-order chi connectivity index (χ1) is 15.8. The van der Waals surface area contributed by atoms with Crippen LogP contribution in [0, 0.1) is 19.4 Å². The molecule has 1 aliphatic carbocycles. The third-order valence-corrected chi connectivity index (χ3v) is 6.75. The van der Waals surface area contributed by atoms with Crippen LogP contribution in [0.15, 0.2) is 21.7 Å². The van der Waals surface area contributed by atoms with Gasteiger partial charge in [0.05, 0.1) is 17.4 Å². The molecule has 2 aromatic rings. The van der Waals surface area contributed by atoms with E-state index in [0.29, 0.717) is 41.1 Å². The van der Waals surface area contributed by atoms with Crippen molar-refractivity contribution >= 4 is 22.5 Å². The van der Waals surface area contributed by atoms with Crippen molar-refractivity contribution in [3.05, 3.63) is 50.0 Å². The number of carbonyl (C=O) groups excluding carboxylic acids is 1. The summed E-state index contributed by atoms with van der Waals surface area (Å²) in [6, 6.07) is 3.87. The Morgan fingerprint density at radius 3 is 2.73 bits per heavy atom. The molecule has 10 nitrogen and oxygen atoms in total. The van der Waals surface area contributed by atoms with Gasteiger partial charge in [0.1, 0.15) is 0 Å². The maximum atomic E-state index is 12.8. The Hall–Kier alpha value is -3.32. The number of nitrogens with one attached hydrogen (secondary N) is 2. The van der Waals surface area contributed by atoms with Gasteiger partial charge in [0.15, 0.2) is 0 Å². The molecule has 2 heterocycles. The van der Waals surface area contributed by atoms with Gasteiger partial charge in [0, 0.05) is 44.3 Å². The normalized spacial score (nSPS) is 18.9. The summed E-state index contributed by atoms with van der Waals surface area (Å²) in [6.07, 6.45) is 2.75. The van der Waals surface area contributed by atoms with Crippen LogP contribution in [0.25, 0.3) is 15.7 Å². The van der Waals surface area contributed by atoms with Crippen LogP contribution in [-0.4, -0.2) is 53.9 Å². The lowest BCUT2D eigenvalue weighted by Crippen LogP contribution is -2.46. The Bertz CT molecular complexity index is 1220. The Labute approximate surface area is 192 Å². The second kappa shape index (κ2) is 9.27. The van der Waals surface area contributed by atoms with E-state index in [4.69, 9.17) is 12.4 Å². The lowest BCUT2D eigenvalue weighted by molar-refractivity contribution is -0.119. The number of amides is 1. The molecule has 2 fully saturated rings. The van der Waals surface area contributed by atoms with Crippen molar-refractivity contribution in [1.29, 1.82) is 0 Å². The Morgan fingerprint density at radius 2 is 2.06 bits per heavy atom. The van der Waals surface area contributed by atoms with E-state index in [2.05, 4.69) is 20.4 Å². The number of hydrogen-bond acceptors (Lipinski definition) is 6. The minimum Gasteiger partial charge on any atom is -0.371 e. The molecule has 1 aromatic heterocycles. The van der Waals surface area contributed by atoms with Crippen LogP contribution in [-0.2, 0) is 4.79 Å². The molecule has 2 atom stereocenters. The summed E-state index contributed by atoms with van der Waals surface area (Å²) < 4.78 is 2.40. The average molecular weight is 454 g/mol. The average Bonchev–Trinajstić information content (AvgIpc) is 3.51. The fraction of sp³-hybridized carbons (Fsp3) is 0.565. The van der Waals surface area contributed by atoms with Gasteiger partial charge in [-0.05, 0) is 49.8 Å². The molecule has 2 aliphatic rings. The lowest BCUT2D eigenvalue weighted by atomic mass is 9.98. The first-order valence-electron chi connectivity index (χ1n) is 11.5. The molecule has 2 unspecified atom stereocenters. The van der Waals surface area contributed by atoms with Gasteiger partial charge < -0.3 is 26.2 Å². The smallest absolute Gasteiger partial charge is 0.350 e. The van der Waals surface area contributed by atoms with Crippen LogP contribution in [0.4, 0.5) is 5.69 Å². The van der Waals surface area contributed by atoms with Gasteiger partial charge in [-0.25, -0.2) is 11.4 Å². The minimum absolute atomic E-state index is 0.0653. The van der Waals surface area contributed by atoms with E-state index >= 15 is 0 Å². The highest BCUT2D eigenvalue weighted by Gasteiger charge is 2.33. The molecule has 1 saturated heterocycles. The van der Waals surface area contributed by atoms with Gasteiger partial charge in [0.2, 0.25) is 12.5 Å². The third-order valence-electron chi connectivity index (χ3n) is 6.75. The third kappa shape index (κ3) is 4.46. The molecule has 4 N–H and O–H groups in total. The highest BCUT2D eigenvalue weighted by atomic mass is 16.2. The number of rotatable bonds is 8. The van der Waals surface area contributed by atoms with Crippen LogP contribution in [0.3, 0.4) is 0 Å². The maximum Gasteiger partial charge on any atom is 0.350 e. The molecule has 1 aliphatic heterocycles. The van der Waals surface area contributed by atoms with E-state index in [9.17, 15) is 14.4 Å². The van der Waals surface area contributed by atoms with Crippen molar-refractivity contribution in [2.24, 2.45) is 5.92 Å². The fourth-order valence-electron chi connectivity index (χ4n) is 4.91. The topological polar surface area (TPSA) is 119 Å². The molecule has 33 heavy (non-hydrogen) atoms. The van der Waals surface area contributed by atoms with Crippen molar-refractivity contribution in [2.45, 2.75) is 45.2 Å². The second-order valence-electron chi connectivity index (χ2n) is 9.04. The van der Waals surface area contributed by atoms with Gasteiger partial charge in [0.25, 0.3) is 5.56 Å². The molecule has 0 spiro atoms. The number of aryl methyl sites for hydroxylation is 1. The largest absolute Gasteiger partial charge is 0.371 e. The van der Waals surface area contributed by atoms with E-state index in [1.165, 1.54) is 6.92 Å². The van der Waals surface area contributed by atoms with Crippen LogP contribution < -0.4 is 32.6 Å². The van der Waals surface area contributed by atoms with E-state index in [1.54, 1.807) is 10.6 Å². The van der Waals surface area contributed by atoms with Crippen molar-refractivity contribution in [3.8, 4) is 0 Å². The SMILES string of the molecule is [C-]#[N+]CCNC(CNC(C)=O)C1CCN(c2ccc3c(=O)n(N)c(=O)n(C4CC4)c3c2C)C1. The Balaban J connectivity index is 1.64. The highest BCUT2D eigenvalue weighted by molar-refractivity contribution is 5.87. The van der Waals surface area contributed by atoms with Gasteiger partial charge in [-0.1, -0.05) is 0 Å². The van der Waals surface area contributed by atoms with Gasteiger partial charge >= 0.3 is 5.69 Å². The molecule has 1 aromatic carbocycles. The van der Waals surface area contributed by atoms with E-state index in [1.807, 2.05) is 13.0 Å². The molecule has 4 rings (SSSR count). The lowest BCUT2D eigenvalue weighted by Gasteiger charge is -2.27. The Kier molecular flexibility index (Phi) is 6.42. The predicted molar refractivity (Wildman–Crippen MR) is 128 cm³/mol. The number of anilines is 1. The molecule has 1 saturated carbocycles. The summed E-state index contributed by atoms with van der Waals surface area (Å²) in [7, 11) is 0. The first kappa shape index (κ1) is 22.9. The first-order valence-corrected chi connectivity index (χ1v) is 11.5. The molecule has 0 radical (unpaired) electrons. The van der Waals surface area contributed by atoms with E-state index in [-0.39, 0.29) is 18.0 Å². The summed E-state index contributed by atoms with van der Waals surface area (Å²) in [5, 5.41) is 6.79. The molecule has 10 heteroatoms. The number of nitrogens with zero attached hydrogens (tertiary/aromatic N) is 4. The summed E-state index contributed by atoms with van der Waals surface area (Å²) in [4.78, 5) is 42.6. The van der Waals surface area contributed by atoms with Gasteiger partial charge in [-0.3, -0.25) is 14.2 Å². The molecule has 0 bridgehead atoms. The van der Waals surface area contributed by atoms with Gasteiger partial charge in [-0.2, -0.15) is 4.68 Å².